The van der Waals surface area contributed by atoms with E-state index in [0.29, 0.717) is 24.7 Å². The lowest BCUT2D eigenvalue weighted by Crippen LogP contribution is -2.35. The van der Waals surface area contributed by atoms with E-state index in [2.05, 4.69) is 30.6 Å². The molecule has 3 heterocycles. The number of benzene rings is 2. The van der Waals surface area contributed by atoms with Gasteiger partial charge in [-0.2, -0.15) is 10.2 Å². The Morgan fingerprint density at radius 2 is 1.70 bits per heavy atom. The van der Waals surface area contributed by atoms with Crippen molar-refractivity contribution in [3.8, 4) is 17.5 Å². The van der Waals surface area contributed by atoms with Crippen LogP contribution in [0.1, 0.15) is 42.5 Å². The van der Waals surface area contributed by atoms with E-state index in [4.69, 9.17) is 11.6 Å². The van der Waals surface area contributed by atoms with E-state index in [0.717, 1.165) is 34.6 Å². The number of halogens is 4. The molecule has 3 aromatic heterocycles. The fraction of sp³-hybridized carbons (Fsp3) is 0.258. The van der Waals surface area contributed by atoms with Crippen LogP contribution in [0, 0.1) is 42.6 Å². The first-order valence-electron chi connectivity index (χ1n) is 14.3. The van der Waals surface area contributed by atoms with Crippen LogP contribution >= 0.6 is 11.6 Å². The molecule has 0 saturated heterocycles. The number of aryl methyl sites for hydroxylation is 2. The number of aromatic nitrogens is 5. The Morgan fingerprint density at radius 3 is 2.39 bits per heavy atom. The number of nitrogens with one attached hydrogen (secondary N) is 2. The highest BCUT2D eigenvalue weighted by atomic mass is 35.5. The fourth-order valence-electron chi connectivity index (χ4n) is 5.60. The van der Waals surface area contributed by atoms with Crippen LogP contribution in [-0.2, 0) is 10.0 Å². The zero-order valence-electron chi connectivity index (χ0n) is 24.5. The Bertz CT molecular complexity index is 2140. The molecule has 2 atom stereocenters. The summed E-state index contributed by atoms with van der Waals surface area (Å²) in [7, 11) is -4.33. The minimum atomic E-state index is -4.33. The van der Waals surface area contributed by atoms with E-state index in [9.17, 15) is 18.1 Å². The van der Waals surface area contributed by atoms with Gasteiger partial charge in [0.05, 0.1) is 16.8 Å². The Hall–Kier alpha value is -4.74. The van der Waals surface area contributed by atoms with E-state index in [1.165, 1.54) is 25.3 Å². The average molecular weight is 667 g/mol. The van der Waals surface area contributed by atoms with Crippen LogP contribution in [-0.4, -0.2) is 44.4 Å². The summed E-state index contributed by atoms with van der Waals surface area (Å²) in [6.45, 7) is 3.22. The van der Waals surface area contributed by atoms with Gasteiger partial charge < -0.3 is 10.6 Å². The molecule has 0 bridgehead atoms. The lowest BCUT2D eigenvalue weighted by molar-refractivity contribution is 0.424. The highest BCUT2D eigenvalue weighted by Crippen LogP contribution is 2.35. The third-order valence-electron chi connectivity index (χ3n) is 7.86. The summed E-state index contributed by atoms with van der Waals surface area (Å²) >= 11 is 5.93. The summed E-state index contributed by atoms with van der Waals surface area (Å²) in [4.78, 5) is 16.5. The molecule has 1 saturated carbocycles. The maximum atomic E-state index is 15.4. The van der Waals surface area contributed by atoms with Gasteiger partial charge in [-0.1, -0.05) is 17.7 Å². The van der Waals surface area contributed by atoms with E-state index < -0.39 is 27.5 Å². The molecule has 46 heavy (non-hydrogen) atoms. The predicted molar refractivity (Wildman–Crippen MR) is 166 cm³/mol. The highest BCUT2D eigenvalue weighted by Gasteiger charge is 2.28. The zero-order valence-corrected chi connectivity index (χ0v) is 26.1. The molecular formula is C31H26ClF3N8O2S. The monoisotopic (exact) mass is 666 g/mol. The molecule has 2 aromatic carbocycles. The minimum Gasteiger partial charge on any atom is -0.366 e. The molecule has 0 aliphatic heterocycles. The van der Waals surface area contributed by atoms with Crippen molar-refractivity contribution in [2.75, 3.05) is 10.6 Å². The second-order valence-corrected chi connectivity index (χ2v) is 13.3. The zero-order chi connectivity index (χ0) is 32.7. The van der Waals surface area contributed by atoms with Crippen molar-refractivity contribution in [1.82, 2.24) is 23.9 Å². The second-order valence-electron chi connectivity index (χ2n) is 11.1. The number of fused-ring (bicyclic) bond motifs is 1. The van der Waals surface area contributed by atoms with Crippen molar-refractivity contribution in [2.24, 2.45) is 0 Å². The summed E-state index contributed by atoms with van der Waals surface area (Å²) < 4.78 is 73.3. The molecule has 0 unspecified atom stereocenters. The SMILES string of the molecule is Cc1ccc(S(=O)(=O)n2cc(-c3nc(C)c(F)c(N[C@@H]4CCC[C@H](Nc5nc(Cl)ncc5C#N)C4)n3)c3cc(F)cc(F)c32)cc1. The van der Waals surface area contributed by atoms with E-state index in [1.807, 2.05) is 6.07 Å². The van der Waals surface area contributed by atoms with E-state index in [1.54, 1.807) is 19.1 Å². The smallest absolute Gasteiger partial charge is 0.268 e. The van der Waals surface area contributed by atoms with Gasteiger partial charge in [0.2, 0.25) is 5.28 Å². The molecule has 0 radical (unpaired) electrons. The lowest BCUT2D eigenvalue weighted by atomic mass is 9.91. The normalized spacial score (nSPS) is 16.7. The van der Waals surface area contributed by atoms with Gasteiger partial charge in [0.25, 0.3) is 10.0 Å². The predicted octanol–water partition coefficient (Wildman–Crippen LogP) is 6.52. The van der Waals surface area contributed by atoms with Crippen LogP contribution in [0.3, 0.4) is 0 Å². The van der Waals surface area contributed by atoms with Crippen molar-refractivity contribution in [1.29, 1.82) is 5.26 Å². The van der Waals surface area contributed by atoms with Crippen LogP contribution < -0.4 is 10.6 Å². The average Bonchev–Trinajstić information content (AvgIpc) is 3.41. The number of hydrogen-bond acceptors (Lipinski definition) is 9. The fourth-order valence-corrected chi connectivity index (χ4v) is 7.11. The van der Waals surface area contributed by atoms with Crippen LogP contribution in [0.5, 0.6) is 0 Å². The van der Waals surface area contributed by atoms with Gasteiger partial charge in [-0.15, -0.1) is 0 Å². The van der Waals surface area contributed by atoms with Crippen LogP contribution in [0.4, 0.5) is 24.8 Å². The van der Waals surface area contributed by atoms with Crippen molar-refractivity contribution in [3.63, 3.8) is 0 Å². The first kappa shape index (κ1) is 31.3. The summed E-state index contributed by atoms with van der Waals surface area (Å²) in [5, 5.41) is 15.7. The second kappa shape index (κ2) is 12.2. The molecule has 10 nitrogen and oxygen atoms in total. The van der Waals surface area contributed by atoms with Crippen LogP contribution in [0.15, 0.2) is 53.7 Å². The third kappa shape index (κ3) is 5.95. The first-order valence-corrected chi connectivity index (χ1v) is 16.1. The highest BCUT2D eigenvalue weighted by molar-refractivity contribution is 7.90. The van der Waals surface area contributed by atoms with E-state index in [-0.39, 0.29) is 61.6 Å². The standard InChI is InChI=1S/C31H26ClF3N8O2S/c1-16-6-8-22(9-7-16)46(44,45)43-15-24(23-10-19(33)11-25(34)27(23)43)29-38-17(2)26(35)30(41-29)40-21-5-3-4-20(12-21)39-28-18(13-36)14-37-31(32)42-28/h6-11,14-15,20-21H,3-5,12H2,1-2H3,(H,37,39,42)(H,38,40,41)/t20-,21+/m0/s1. The molecule has 15 heteroatoms. The number of nitrogens with zero attached hydrogens (tertiary/aromatic N) is 6. The molecule has 0 amide bonds. The lowest BCUT2D eigenvalue weighted by Gasteiger charge is -2.31. The molecular weight excluding hydrogens is 641 g/mol. The number of rotatable bonds is 7. The van der Waals surface area contributed by atoms with Gasteiger partial charge in [-0.05, 0) is 69.3 Å². The molecule has 236 valence electrons. The number of nitriles is 1. The van der Waals surface area contributed by atoms with Crippen molar-refractivity contribution >= 4 is 44.2 Å². The van der Waals surface area contributed by atoms with Gasteiger partial charge in [-0.3, -0.25) is 0 Å². The van der Waals surface area contributed by atoms with Gasteiger partial charge >= 0.3 is 0 Å². The van der Waals surface area contributed by atoms with Gasteiger partial charge in [0.15, 0.2) is 23.3 Å². The molecule has 1 aliphatic carbocycles. The van der Waals surface area contributed by atoms with Gasteiger partial charge in [0.1, 0.15) is 28.8 Å². The Kier molecular flexibility index (Phi) is 8.30. The van der Waals surface area contributed by atoms with Gasteiger partial charge in [0, 0.05) is 35.3 Å². The van der Waals surface area contributed by atoms with Crippen LogP contribution in [0.25, 0.3) is 22.3 Å². The maximum Gasteiger partial charge on any atom is 0.268 e. The molecule has 1 aliphatic rings. The topological polar surface area (TPSA) is 138 Å². The molecule has 1 fully saturated rings. The molecule has 2 N–H and O–H groups in total. The van der Waals surface area contributed by atoms with Crippen molar-refractivity contribution in [2.45, 2.75) is 56.5 Å². The Balaban J connectivity index is 1.36. The van der Waals surface area contributed by atoms with Crippen molar-refractivity contribution in [3.05, 3.63) is 88.3 Å². The third-order valence-corrected chi connectivity index (χ3v) is 9.71. The summed E-state index contributed by atoms with van der Waals surface area (Å²) in [5.41, 5.74) is 0.623. The van der Waals surface area contributed by atoms with Gasteiger partial charge in [-0.25, -0.2) is 40.5 Å². The Labute approximate surface area is 267 Å². The van der Waals surface area contributed by atoms with Crippen LogP contribution in [0.2, 0.25) is 5.28 Å². The number of anilines is 2. The Morgan fingerprint density at radius 1 is 1.00 bits per heavy atom. The van der Waals surface area contributed by atoms with Crippen molar-refractivity contribution < 1.29 is 21.6 Å². The molecule has 6 rings (SSSR count). The van der Waals surface area contributed by atoms with E-state index >= 15 is 8.78 Å². The minimum absolute atomic E-state index is 0.00287. The molecule has 0 spiro atoms. The first-order chi connectivity index (χ1) is 21.9. The summed E-state index contributed by atoms with van der Waals surface area (Å²) in [6.07, 6.45) is 5.16. The maximum absolute atomic E-state index is 15.4. The number of hydrogen-bond donors (Lipinski definition) is 2. The quantitative estimate of drug-likeness (QED) is 0.186. The molecule has 5 aromatic rings. The summed E-state index contributed by atoms with van der Waals surface area (Å²) in [6, 6.07) is 9.23. The summed E-state index contributed by atoms with van der Waals surface area (Å²) in [5.74, 6) is -2.71. The largest absolute Gasteiger partial charge is 0.366 e.